The molecular formula is C14H19NO2. The third-order valence-corrected chi connectivity index (χ3v) is 3.25. The quantitative estimate of drug-likeness (QED) is 0.854. The van der Waals surface area contributed by atoms with Gasteiger partial charge in [-0.2, -0.15) is 0 Å². The molecule has 0 saturated carbocycles. The van der Waals surface area contributed by atoms with Gasteiger partial charge in [-0.3, -0.25) is 0 Å². The molecular weight excluding hydrogens is 214 g/mol. The minimum atomic E-state index is -0.488. The first-order chi connectivity index (χ1) is 8.06. The number of fused-ring (bicyclic) bond motifs is 1. The molecule has 1 atom stereocenters. The van der Waals surface area contributed by atoms with Gasteiger partial charge in [0.2, 0.25) is 0 Å². The van der Waals surface area contributed by atoms with Crippen LogP contribution in [0.1, 0.15) is 29.7 Å². The summed E-state index contributed by atoms with van der Waals surface area (Å²) in [7, 11) is 0. The number of aliphatic hydroxyl groups is 2. The number of benzene rings is 1. The molecule has 0 saturated heterocycles. The minimum absolute atomic E-state index is 0.108. The van der Waals surface area contributed by atoms with E-state index >= 15 is 0 Å². The lowest BCUT2D eigenvalue weighted by molar-refractivity contribution is 0.200. The Morgan fingerprint density at radius 2 is 1.88 bits per heavy atom. The van der Waals surface area contributed by atoms with Crippen LogP contribution < -0.4 is 0 Å². The van der Waals surface area contributed by atoms with Gasteiger partial charge in [0, 0.05) is 23.7 Å². The molecule has 92 valence electrons. The van der Waals surface area contributed by atoms with Crippen molar-refractivity contribution in [2.24, 2.45) is 0 Å². The minimum Gasteiger partial charge on any atom is -0.395 e. The zero-order chi connectivity index (χ0) is 12.6. The molecule has 0 bridgehead atoms. The van der Waals surface area contributed by atoms with Crippen LogP contribution in [-0.4, -0.2) is 21.4 Å². The van der Waals surface area contributed by atoms with E-state index in [1.807, 2.05) is 10.8 Å². The Morgan fingerprint density at radius 1 is 1.24 bits per heavy atom. The number of aliphatic hydroxyl groups excluding tert-OH is 2. The number of hydrogen-bond donors (Lipinski definition) is 2. The molecule has 0 aliphatic rings. The maximum Gasteiger partial charge on any atom is 0.0782 e. The fourth-order valence-corrected chi connectivity index (χ4v) is 2.43. The Balaban J connectivity index is 2.80. The van der Waals surface area contributed by atoms with Crippen molar-refractivity contribution in [3.63, 3.8) is 0 Å². The van der Waals surface area contributed by atoms with Crippen LogP contribution in [0.4, 0.5) is 0 Å². The standard InChI is InChI=1S/C14H19NO2/c1-9-4-5-10(2)14-13(9)12(11(3)17)8-15(14)6-7-16/h4-5,8,11,16-17H,6-7H2,1-3H3. The van der Waals surface area contributed by atoms with Crippen molar-refractivity contribution in [2.75, 3.05) is 6.61 Å². The molecule has 3 nitrogen and oxygen atoms in total. The van der Waals surface area contributed by atoms with E-state index in [-0.39, 0.29) is 6.61 Å². The average Bonchev–Trinajstić information content (AvgIpc) is 2.65. The molecule has 2 N–H and O–H groups in total. The van der Waals surface area contributed by atoms with E-state index < -0.39 is 6.10 Å². The van der Waals surface area contributed by atoms with Gasteiger partial charge >= 0.3 is 0 Å². The SMILES string of the molecule is Cc1ccc(C)c2c1c(C(C)O)cn2CCO. The number of hydrogen-bond acceptors (Lipinski definition) is 2. The predicted molar refractivity (Wildman–Crippen MR) is 69.1 cm³/mol. The van der Waals surface area contributed by atoms with Crippen molar-refractivity contribution in [3.05, 3.63) is 35.0 Å². The van der Waals surface area contributed by atoms with Crippen molar-refractivity contribution in [1.29, 1.82) is 0 Å². The normalized spacial score (nSPS) is 13.2. The molecule has 2 rings (SSSR count). The van der Waals surface area contributed by atoms with Crippen LogP contribution in [0, 0.1) is 13.8 Å². The molecule has 0 aliphatic carbocycles. The average molecular weight is 233 g/mol. The van der Waals surface area contributed by atoms with E-state index in [1.165, 1.54) is 5.56 Å². The van der Waals surface area contributed by atoms with Crippen LogP contribution in [0.25, 0.3) is 10.9 Å². The highest BCUT2D eigenvalue weighted by atomic mass is 16.3. The van der Waals surface area contributed by atoms with E-state index in [1.54, 1.807) is 6.92 Å². The van der Waals surface area contributed by atoms with Gasteiger partial charge in [0.05, 0.1) is 18.2 Å². The lowest BCUT2D eigenvalue weighted by Crippen LogP contribution is -2.01. The van der Waals surface area contributed by atoms with Gasteiger partial charge in [0.1, 0.15) is 0 Å². The first-order valence-corrected chi connectivity index (χ1v) is 5.94. The Labute approximate surface area is 101 Å². The smallest absolute Gasteiger partial charge is 0.0782 e. The van der Waals surface area contributed by atoms with Crippen LogP contribution in [0.5, 0.6) is 0 Å². The predicted octanol–water partition coefficient (Wildman–Crippen LogP) is 2.30. The summed E-state index contributed by atoms with van der Waals surface area (Å²) in [5.41, 5.74) is 4.40. The summed E-state index contributed by atoms with van der Waals surface area (Å²) in [5.74, 6) is 0. The lowest BCUT2D eigenvalue weighted by Gasteiger charge is -2.07. The van der Waals surface area contributed by atoms with Crippen LogP contribution in [-0.2, 0) is 6.54 Å². The second-order valence-corrected chi connectivity index (χ2v) is 4.60. The number of nitrogens with zero attached hydrogens (tertiary/aromatic N) is 1. The maximum atomic E-state index is 9.84. The van der Waals surface area contributed by atoms with E-state index in [0.29, 0.717) is 6.54 Å². The summed E-state index contributed by atoms with van der Waals surface area (Å²) in [4.78, 5) is 0. The molecule has 0 aliphatic heterocycles. The summed E-state index contributed by atoms with van der Waals surface area (Å²) in [6, 6.07) is 4.16. The van der Waals surface area contributed by atoms with E-state index in [4.69, 9.17) is 5.11 Å². The summed E-state index contributed by atoms with van der Waals surface area (Å²) >= 11 is 0. The van der Waals surface area contributed by atoms with Gasteiger partial charge in [-0.05, 0) is 31.9 Å². The Bertz CT molecular complexity index is 541. The molecule has 0 spiro atoms. The van der Waals surface area contributed by atoms with Crippen LogP contribution in [0.3, 0.4) is 0 Å². The molecule has 0 amide bonds. The van der Waals surface area contributed by atoms with E-state index in [0.717, 1.165) is 22.0 Å². The maximum absolute atomic E-state index is 9.84. The monoisotopic (exact) mass is 233 g/mol. The Hall–Kier alpha value is -1.32. The lowest BCUT2D eigenvalue weighted by atomic mass is 10.0. The number of aryl methyl sites for hydroxylation is 2. The van der Waals surface area contributed by atoms with Gasteiger partial charge in [0.25, 0.3) is 0 Å². The van der Waals surface area contributed by atoms with Gasteiger partial charge in [-0.25, -0.2) is 0 Å². The number of aromatic nitrogens is 1. The van der Waals surface area contributed by atoms with Gasteiger partial charge in [-0.1, -0.05) is 12.1 Å². The summed E-state index contributed by atoms with van der Waals surface area (Å²) in [6.45, 7) is 6.56. The molecule has 1 heterocycles. The molecule has 17 heavy (non-hydrogen) atoms. The first kappa shape index (κ1) is 12.1. The molecule has 2 aromatic rings. The first-order valence-electron chi connectivity index (χ1n) is 5.94. The van der Waals surface area contributed by atoms with Gasteiger partial charge in [0.15, 0.2) is 0 Å². The number of rotatable bonds is 3. The van der Waals surface area contributed by atoms with Crippen LogP contribution >= 0.6 is 0 Å². The highest BCUT2D eigenvalue weighted by Gasteiger charge is 2.15. The van der Waals surface area contributed by atoms with E-state index in [2.05, 4.69) is 26.0 Å². The summed E-state index contributed by atoms with van der Waals surface area (Å²) in [6.07, 6.45) is 1.46. The fraction of sp³-hybridized carbons (Fsp3) is 0.429. The Morgan fingerprint density at radius 3 is 2.47 bits per heavy atom. The molecule has 1 aromatic carbocycles. The van der Waals surface area contributed by atoms with Crippen molar-refractivity contribution < 1.29 is 10.2 Å². The molecule has 1 unspecified atom stereocenters. The van der Waals surface area contributed by atoms with Crippen molar-refractivity contribution in [2.45, 2.75) is 33.4 Å². The second kappa shape index (κ2) is 4.51. The highest BCUT2D eigenvalue weighted by molar-refractivity contribution is 5.90. The summed E-state index contributed by atoms with van der Waals surface area (Å²) in [5, 5.41) is 20.1. The topological polar surface area (TPSA) is 45.4 Å². The van der Waals surface area contributed by atoms with E-state index in [9.17, 15) is 5.11 Å². The van der Waals surface area contributed by atoms with Crippen molar-refractivity contribution in [1.82, 2.24) is 4.57 Å². The van der Waals surface area contributed by atoms with Crippen LogP contribution in [0.15, 0.2) is 18.3 Å². The van der Waals surface area contributed by atoms with Crippen molar-refractivity contribution >= 4 is 10.9 Å². The summed E-state index contributed by atoms with van der Waals surface area (Å²) < 4.78 is 2.03. The third kappa shape index (κ3) is 1.96. The molecule has 0 radical (unpaired) electrons. The Kier molecular flexibility index (Phi) is 3.22. The largest absolute Gasteiger partial charge is 0.395 e. The second-order valence-electron chi connectivity index (χ2n) is 4.60. The molecule has 0 fully saturated rings. The van der Waals surface area contributed by atoms with Gasteiger partial charge < -0.3 is 14.8 Å². The molecule has 3 heteroatoms. The highest BCUT2D eigenvalue weighted by Crippen LogP contribution is 2.31. The molecule has 1 aromatic heterocycles. The zero-order valence-corrected chi connectivity index (χ0v) is 10.6. The fourth-order valence-electron chi connectivity index (χ4n) is 2.43. The zero-order valence-electron chi connectivity index (χ0n) is 10.6. The van der Waals surface area contributed by atoms with Gasteiger partial charge in [-0.15, -0.1) is 0 Å². The van der Waals surface area contributed by atoms with Crippen molar-refractivity contribution in [3.8, 4) is 0 Å². The van der Waals surface area contributed by atoms with Crippen LogP contribution in [0.2, 0.25) is 0 Å². The third-order valence-electron chi connectivity index (χ3n) is 3.25.